The molecule has 1 unspecified atom stereocenters. The van der Waals surface area contributed by atoms with E-state index in [4.69, 9.17) is 4.74 Å². The van der Waals surface area contributed by atoms with Crippen molar-refractivity contribution in [3.05, 3.63) is 0 Å². The van der Waals surface area contributed by atoms with Crippen LogP contribution in [0.2, 0.25) is 0 Å². The molecule has 0 aromatic carbocycles. The third-order valence-corrected chi connectivity index (χ3v) is 3.76. The first-order chi connectivity index (χ1) is 8.58. The third-order valence-electron chi connectivity index (χ3n) is 3.76. The van der Waals surface area contributed by atoms with Crippen LogP contribution in [0.1, 0.15) is 54.4 Å². The zero-order valence-electron chi connectivity index (χ0n) is 13.1. The molecule has 1 atom stereocenters. The predicted octanol–water partition coefficient (Wildman–Crippen LogP) is 2.61. The Hall–Kier alpha value is -0.900. The van der Waals surface area contributed by atoms with Gasteiger partial charge in [0.05, 0.1) is 12.2 Å². The molecule has 1 saturated heterocycles. The molecule has 1 rings (SSSR count). The first-order valence-electron chi connectivity index (χ1n) is 7.06. The van der Waals surface area contributed by atoms with Crippen LogP contribution in [0.4, 0.5) is 0 Å². The van der Waals surface area contributed by atoms with Crippen molar-refractivity contribution in [2.45, 2.75) is 60.0 Å². The number of likely N-dealkylation sites (tertiary alicyclic amines) is 1. The number of carbonyl (C=O) groups excluding carboxylic acids is 2. The van der Waals surface area contributed by atoms with Gasteiger partial charge in [0.2, 0.25) is 11.8 Å². The average molecular weight is 269 g/mol. The highest BCUT2D eigenvalue weighted by Crippen LogP contribution is 2.27. The summed E-state index contributed by atoms with van der Waals surface area (Å²) in [7, 11) is 0. The van der Waals surface area contributed by atoms with E-state index < -0.39 is 0 Å². The molecule has 0 saturated carbocycles. The standard InChI is InChI=1S/C15H27NO3/c1-7-15(5,6)19-10-14(3,4)9-16-12(17)8-11(2)13(16)18/h11H,7-10H2,1-6H3. The van der Waals surface area contributed by atoms with E-state index in [9.17, 15) is 9.59 Å². The van der Waals surface area contributed by atoms with Crippen molar-refractivity contribution >= 4 is 11.8 Å². The van der Waals surface area contributed by atoms with E-state index in [1.807, 2.05) is 20.8 Å². The Kier molecular flexibility index (Phi) is 4.77. The molecule has 1 heterocycles. The maximum atomic E-state index is 11.9. The first kappa shape index (κ1) is 16.2. The number of hydrogen-bond donors (Lipinski definition) is 0. The van der Waals surface area contributed by atoms with Crippen LogP contribution < -0.4 is 0 Å². The number of rotatable bonds is 6. The molecule has 4 nitrogen and oxygen atoms in total. The lowest BCUT2D eigenvalue weighted by Crippen LogP contribution is -2.42. The molecule has 0 aliphatic carbocycles. The quantitative estimate of drug-likeness (QED) is 0.696. The maximum absolute atomic E-state index is 11.9. The second-order valence-electron chi connectivity index (χ2n) is 6.99. The van der Waals surface area contributed by atoms with Gasteiger partial charge in [-0.1, -0.05) is 27.7 Å². The van der Waals surface area contributed by atoms with Crippen molar-refractivity contribution < 1.29 is 14.3 Å². The summed E-state index contributed by atoms with van der Waals surface area (Å²) < 4.78 is 5.90. The summed E-state index contributed by atoms with van der Waals surface area (Å²) in [5.41, 5.74) is -0.384. The average Bonchev–Trinajstić information content (AvgIpc) is 2.54. The third kappa shape index (κ3) is 4.30. The summed E-state index contributed by atoms with van der Waals surface area (Å²) in [6.07, 6.45) is 1.28. The summed E-state index contributed by atoms with van der Waals surface area (Å²) in [6.45, 7) is 13.0. The summed E-state index contributed by atoms with van der Waals surface area (Å²) in [6, 6.07) is 0. The number of carbonyl (C=O) groups is 2. The summed E-state index contributed by atoms with van der Waals surface area (Å²) in [5, 5.41) is 0. The Morgan fingerprint density at radius 3 is 2.26 bits per heavy atom. The maximum Gasteiger partial charge on any atom is 0.232 e. The molecular formula is C15H27NO3. The zero-order chi connectivity index (χ0) is 14.8. The van der Waals surface area contributed by atoms with E-state index in [1.165, 1.54) is 4.90 Å². The highest BCUT2D eigenvalue weighted by molar-refractivity contribution is 6.03. The second-order valence-corrected chi connectivity index (χ2v) is 6.99. The molecule has 0 aromatic rings. The second kappa shape index (κ2) is 5.61. The number of hydrogen-bond acceptors (Lipinski definition) is 3. The Balaban J connectivity index is 2.60. The predicted molar refractivity (Wildman–Crippen MR) is 74.6 cm³/mol. The largest absolute Gasteiger partial charge is 0.375 e. The van der Waals surface area contributed by atoms with Crippen molar-refractivity contribution in [3.8, 4) is 0 Å². The van der Waals surface area contributed by atoms with Crippen LogP contribution in [0.3, 0.4) is 0 Å². The molecule has 4 heteroatoms. The van der Waals surface area contributed by atoms with Crippen molar-refractivity contribution in [3.63, 3.8) is 0 Å². The van der Waals surface area contributed by atoms with Gasteiger partial charge in [0.15, 0.2) is 0 Å². The fourth-order valence-electron chi connectivity index (χ4n) is 1.98. The van der Waals surface area contributed by atoms with Gasteiger partial charge in [0.1, 0.15) is 0 Å². The highest BCUT2D eigenvalue weighted by Gasteiger charge is 2.39. The molecule has 1 aliphatic heterocycles. The van der Waals surface area contributed by atoms with Gasteiger partial charge < -0.3 is 4.74 Å². The summed E-state index contributed by atoms with van der Waals surface area (Å²) >= 11 is 0. The lowest BCUT2D eigenvalue weighted by Gasteiger charge is -2.33. The normalized spacial score (nSPS) is 21.4. The van der Waals surface area contributed by atoms with Crippen LogP contribution in [0.15, 0.2) is 0 Å². The molecule has 1 fully saturated rings. The minimum atomic E-state index is -0.220. The van der Waals surface area contributed by atoms with Gasteiger partial charge in [0, 0.05) is 24.3 Å². The monoisotopic (exact) mass is 269 g/mol. The van der Waals surface area contributed by atoms with Crippen LogP contribution in [0.25, 0.3) is 0 Å². The molecule has 0 spiro atoms. The van der Waals surface area contributed by atoms with Crippen LogP contribution >= 0.6 is 0 Å². The molecule has 2 amide bonds. The number of ether oxygens (including phenoxy) is 1. The zero-order valence-corrected chi connectivity index (χ0v) is 13.1. The van der Waals surface area contributed by atoms with Crippen molar-refractivity contribution in [2.75, 3.05) is 13.2 Å². The van der Waals surface area contributed by atoms with Crippen molar-refractivity contribution in [1.82, 2.24) is 4.90 Å². The van der Waals surface area contributed by atoms with Gasteiger partial charge >= 0.3 is 0 Å². The fraction of sp³-hybridized carbons (Fsp3) is 0.867. The molecule has 0 bridgehead atoms. The smallest absolute Gasteiger partial charge is 0.232 e. The minimum absolute atomic E-state index is 0.0483. The highest BCUT2D eigenvalue weighted by atomic mass is 16.5. The van der Waals surface area contributed by atoms with Gasteiger partial charge in [-0.3, -0.25) is 14.5 Å². The van der Waals surface area contributed by atoms with E-state index in [2.05, 4.69) is 20.8 Å². The molecule has 0 radical (unpaired) electrons. The van der Waals surface area contributed by atoms with Gasteiger partial charge in [0.25, 0.3) is 0 Å². The molecule has 1 aliphatic rings. The fourth-order valence-corrected chi connectivity index (χ4v) is 1.98. The number of nitrogens with zero attached hydrogens (tertiary/aromatic N) is 1. The molecule has 0 aromatic heterocycles. The lowest BCUT2D eigenvalue weighted by molar-refractivity contribution is -0.142. The van der Waals surface area contributed by atoms with Gasteiger partial charge in [-0.05, 0) is 20.3 Å². The lowest BCUT2D eigenvalue weighted by atomic mass is 9.93. The SMILES string of the molecule is CCC(C)(C)OCC(C)(C)CN1C(=O)CC(C)C1=O. The van der Waals surface area contributed by atoms with Gasteiger partial charge in [-0.25, -0.2) is 0 Å². The summed E-state index contributed by atoms with van der Waals surface area (Å²) in [4.78, 5) is 25.1. The Morgan fingerprint density at radius 1 is 1.26 bits per heavy atom. The number of amides is 2. The Morgan fingerprint density at radius 2 is 1.84 bits per heavy atom. The van der Waals surface area contributed by atoms with E-state index in [-0.39, 0.29) is 28.7 Å². The first-order valence-corrected chi connectivity index (χ1v) is 7.06. The van der Waals surface area contributed by atoms with E-state index in [0.717, 1.165) is 6.42 Å². The van der Waals surface area contributed by atoms with Crippen LogP contribution in [-0.4, -0.2) is 35.5 Å². The molecular weight excluding hydrogens is 242 g/mol. The Labute approximate surface area is 116 Å². The van der Waals surface area contributed by atoms with E-state index in [1.54, 1.807) is 0 Å². The number of imide groups is 1. The van der Waals surface area contributed by atoms with Gasteiger partial charge in [-0.2, -0.15) is 0 Å². The Bertz CT molecular complexity index is 360. The van der Waals surface area contributed by atoms with Crippen LogP contribution in [0, 0.1) is 11.3 Å². The topological polar surface area (TPSA) is 46.6 Å². The summed E-state index contributed by atoms with van der Waals surface area (Å²) in [5.74, 6) is -0.274. The van der Waals surface area contributed by atoms with E-state index >= 15 is 0 Å². The molecule has 19 heavy (non-hydrogen) atoms. The van der Waals surface area contributed by atoms with Crippen molar-refractivity contribution in [2.24, 2.45) is 11.3 Å². The van der Waals surface area contributed by atoms with Gasteiger partial charge in [-0.15, -0.1) is 0 Å². The van der Waals surface area contributed by atoms with Crippen LogP contribution in [-0.2, 0) is 14.3 Å². The van der Waals surface area contributed by atoms with Crippen molar-refractivity contribution in [1.29, 1.82) is 0 Å². The van der Waals surface area contributed by atoms with E-state index in [0.29, 0.717) is 19.6 Å². The van der Waals surface area contributed by atoms with Crippen LogP contribution in [0.5, 0.6) is 0 Å². The molecule has 0 N–H and O–H groups in total. The minimum Gasteiger partial charge on any atom is -0.375 e. The molecule has 110 valence electrons.